The van der Waals surface area contributed by atoms with Gasteiger partial charge in [0.1, 0.15) is 29.9 Å². The van der Waals surface area contributed by atoms with Gasteiger partial charge in [-0.3, -0.25) is 13.9 Å². The van der Waals surface area contributed by atoms with Crippen molar-refractivity contribution in [3.8, 4) is 11.5 Å². The first kappa shape index (κ1) is 33.4. The molecular weight excluding hydrogens is 573 g/mol. The number of anilines is 1. The van der Waals surface area contributed by atoms with E-state index >= 15 is 0 Å². The van der Waals surface area contributed by atoms with Gasteiger partial charge in [0.05, 0.1) is 24.3 Å². The summed E-state index contributed by atoms with van der Waals surface area (Å²) < 4.78 is 53.2. The Balaban J connectivity index is 2.03. The maximum Gasteiger partial charge on any atom is 0.264 e. The van der Waals surface area contributed by atoms with E-state index in [0.717, 1.165) is 47.0 Å². The van der Waals surface area contributed by atoms with Crippen molar-refractivity contribution in [2.75, 3.05) is 31.1 Å². The summed E-state index contributed by atoms with van der Waals surface area (Å²) in [7, 11) is -2.76. The predicted molar refractivity (Wildman–Crippen MR) is 164 cm³/mol. The molecule has 0 spiro atoms. The van der Waals surface area contributed by atoms with Crippen molar-refractivity contribution in [2.45, 2.75) is 57.5 Å². The Hall–Kier alpha value is -4.12. The quantitative estimate of drug-likeness (QED) is 0.224. The maximum absolute atomic E-state index is 14.1. The SMILES string of the molecule is CCCCNC(=O)[C@H](CC)N(Cc1ccc(OC)cc1)C(=O)CN(c1ccc(OCC)cc1)S(=O)(=O)c1ccc(F)cc1. The molecule has 0 radical (unpaired) electrons. The summed E-state index contributed by atoms with van der Waals surface area (Å²) >= 11 is 0. The number of hydrogen-bond acceptors (Lipinski definition) is 6. The fourth-order valence-corrected chi connectivity index (χ4v) is 5.91. The third-order valence-corrected chi connectivity index (χ3v) is 8.63. The monoisotopic (exact) mass is 613 g/mol. The minimum absolute atomic E-state index is 0.0657. The molecule has 0 aliphatic heterocycles. The van der Waals surface area contributed by atoms with E-state index < -0.39 is 34.3 Å². The van der Waals surface area contributed by atoms with Crippen LogP contribution < -0.4 is 19.1 Å². The Kier molecular flexibility index (Phi) is 12.4. The van der Waals surface area contributed by atoms with Crippen LogP contribution in [0.25, 0.3) is 0 Å². The second kappa shape index (κ2) is 15.9. The summed E-state index contributed by atoms with van der Waals surface area (Å²) in [5.41, 5.74) is 0.953. The van der Waals surface area contributed by atoms with E-state index in [2.05, 4.69) is 5.32 Å². The topological polar surface area (TPSA) is 105 Å². The number of methoxy groups -OCH3 is 1. The van der Waals surface area contributed by atoms with Gasteiger partial charge in [-0.05, 0) is 86.0 Å². The second-order valence-electron chi connectivity index (χ2n) is 9.83. The van der Waals surface area contributed by atoms with Gasteiger partial charge in [0.25, 0.3) is 10.0 Å². The molecule has 0 aromatic heterocycles. The lowest BCUT2D eigenvalue weighted by molar-refractivity contribution is -0.140. The van der Waals surface area contributed by atoms with Crippen LogP contribution in [0.5, 0.6) is 11.5 Å². The van der Waals surface area contributed by atoms with Gasteiger partial charge >= 0.3 is 0 Å². The molecule has 232 valence electrons. The highest BCUT2D eigenvalue weighted by molar-refractivity contribution is 7.92. The predicted octanol–water partition coefficient (Wildman–Crippen LogP) is 5.15. The van der Waals surface area contributed by atoms with E-state index in [1.54, 1.807) is 62.6 Å². The Morgan fingerprint density at radius 2 is 1.53 bits per heavy atom. The fourth-order valence-electron chi connectivity index (χ4n) is 4.49. The van der Waals surface area contributed by atoms with Crippen molar-refractivity contribution in [1.29, 1.82) is 0 Å². The molecule has 9 nitrogen and oxygen atoms in total. The molecule has 0 saturated carbocycles. The number of unbranched alkanes of at least 4 members (excludes halogenated alkanes) is 1. The van der Waals surface area contributed by atoms with Crippen LogP contribution in [0.15, 0.2) is 77.7 Å². The molecule has 2 amide bonds. The summed E-state index contributed by atoms with van der Waals surface area (Å²) in [6.45, 7) is 6.01. The van der Waals surface area contributed by atoms with E-state index in [9.17, 15) is 22.4 Å². The van der Waals surface area contributed by atoms with Gasteiger partial charge in [0.15, 0.2) is 0 Å². The molecule has 0 aliphatic rings. The van der Waals surface area contributed by atoms with E-state index in [-0.39, 0.29) is 23.0 Å². The second-order valence-corrected chi connectivity index (χ2v) is 11.7. The van der Waals surface area contributed by atoms with Crippen molar-refractivity contribution >= 4 is 27.5 Å². The van der Waals surface area contributed by atoms with Crippen LogP contribution in [0.3, 0.4) is 0 Å². The highest BCUT2D eigenvalue weighted by Gasteiger charge is 2.33. The molecule has 11 heteroatoms. The number of carbonyl (C=O) groups excluding carboxylic acids is 2. The number of nitrogens with zero attached hydrogens (tertiary/aromatic N) is 2. The van der Waals surface area contributed by atoms with E-state index in [1.807, 2.05) is 13.8 Å². The molecule has 0 bridgehead atoms. The molecule has 43 heavy (non-hydrogen) atoms. The molecular formula is C32H40FN3O6S. The summed E-state index contributed by atoms with van der Waals surface area (Å²) in [4.78, 5) is 28.6. The Labute approximate surface area is 253 Å². The summed E-state index contributed by atoms with van der Waals surface area (Å²) in [5, 5.41) is 2.90. The third-order valence-electron chi connectivity index (χ3n) is 6.84. The molecule has 0 saturated heterocycles. The number of hydrogen-bond donors (Lipinski definition) is 1. The van der Waals surface area contributed by atoms with Gasteiger partial charge < -0.3 is 19.7 Å². The number of benzene rings is 3. The van der Waals surface area contributed by atoms with Crippen molar-refractivity contribution in [1.82, 2.24) is 10.2 Å². The van der Waals surface area contributed by atoms with Gasteiger partial charge in [0, 0.05) is 13.1 Å². The highest BCUT2D eigenvalue weighted by Crippen LogP contribution is 2.27. The van der Waals surface area contributed by atoms with Crippen molar-refractivity contribution in [3.05, 3.63) is 84.2 Å². The van der Waals surface area contributed by atoms with Crippen LogP contribution in [0.4, 0.5) is 10.1 Å². The summed E-state index contributed by atoms with van der Waals surface area (Å²) in [6.07, 6.45) is 1.99. The van der Waals surface area contributed by atoms with Gasteiger partial charge in [-0.1, -0.05) is 32.4 Å². The number of rotatable bonds is 16. The Morgan fingerprint density at radius 3 is 2.09 bits per heavy atom. The van der Waals surface area contributed by atoms with E-state index in [1.165, 1.54) is 4.90 Å². The summed E-state index contributed by atoms with van der Waals surface area (Å²) in [6, 6.07) is 17.0. The standard InChI is InChI=1S/C32H40FN3O6S/c1-5-8-21-34-32(38)30(6-2)35(22-24-9-15-27(41-4)16-10-24)31(37)23-36(26-13-17-28(18-14-26)42-7-3)43(39,40)29-19-11-25(33)12-20-29/h9-20,30H,5-8,21-23H2,1-4H3,(H,34,38)/t30-/m0/s1. The molecule has 0 aliphatic carbocycles. The lowest BCUT2D eigenvalue weighted by Crippen LogP contribution is -2.52. The van der Waals surface area contributed by atoms with Crippen LogP contribution >= 0.6 is 0 Å². The molecule has 0 heterocycles. The van der Waals surface area contributed by atoms with Gasteiger partial charge in [-0.2, -0.15) is 0 Å². The number of sulfonamides is 1. The first-order valence-electron chi connectivity index (χ1n) is 14.4. The maximum atomic E-state index is 14.1. The van der Waals surface area contributed by atoms with Gasteiger partial charge in [0.2, 0.25) is 11.8 Å². The molecule has 1 atom stereocenters. The van der Waals surface area contributed by atoms with Crippen molar-refractivity contribution < 1.29 is 31.9 Å². The molecule has 3 aromatic rings. The molecule has 0 fully saturated rings. The first-order valence-corrected chi connectivity index (χ1v) is 15.8. The number of carbonyl (C=O) groups is 2. The van der Waals surface area contributed by atoms with E-state index in [0.29, 0.717) is 31.1 Å². The third kappa shape index (κ3) is 8.93. The minimum Gasteiger partial charge on any atom is -0.497 e. The van der Waals surface area contributed by atoms with Crippen LogP contribution in [-0.2, 0) is 26.2 Å². The minimum atomic E-state index is -4.32. The zero-order chi connectivity index (χ0) is 31.4. The average Bonchev–Trinajstić information content (AvgIpc) is 3.01. The number of ether oxygens (including phenoxy) is 2. The molecule has 3 rings (SSSR count). The number of nitrogens with one attached hydrogen (secondary N) is 1. The number of halogens is 1. The zero-order valence-electron chi connectivity index (χ0n) is 25.1. The highest BCUT2D eigenvalue weighted by atomic mass is 32.2. The van der Waals surface area contributed by atoms with Crippen LogP contribution in [-0.4, -0.2) is 58.0 Å². The van der Waals surface area contributed by atoms with Crippen molar-refractivity contribution in [2.24, 2.45) is 0 Å². The molecule has 3 aromatic carbocycles. The van der Waals surface area contributed by atoms with Gasteiger partial charge in [-0.15, -0.1) is 0 Å². The molecule has 1 N–H and O–H groups in total. The number of amides is 2. The molecule has 0 unspecified atom stereocenters. The Morgan fingerprint density at radius 1 is 0.907 bits per heavy atom. The smallest absolute Gasteiger partial charge is 0.264 e. The van der Waals surface area contributed by atoms with Crippen LogP contribution in [0.1, 0.15) is 45.6 Å². The van der Waals surface area contributed by atoms with Crippen molar-refractivity contribution in [3.63, 3.8) is 0 Å². The average molecular weight is 614 g/mol. The van der Waals surface area contributed by atoms with Gasteiger partial charge in [-0.25, -0.2) is 12.8 Å². The van der Waals surface area contributed by atoms with Crippen LogP contribution in [0, 0.1) is 5.82 Å². The fraction of sp³-hybridized carbons (Fsp3) is 0.375. The Bertz CT molecular complexity index is 1430. The first-order chi connectivity index (χ1) is 20.6. The van der Waals surface area contributed by atoms with Crippen LogP contribution in [0.2, 0.25) is 0 Å². The lowest BCUT2D eigenvalue weighted by atomic mass is 10.1. The normalized spacial score (nSPS) is 11.8. The lowest BCUT2D eigenvalue weighted by Gasteiger charge is -2.33. The van der Waals surface area contributed by atoms with E-state index in [4.69, 9.17) is 9.47 Å². The largest absolute Gasteiger partial charge is 0.497 e. The zero-order valence-corrected chi connectivity index (χ0v) is 25.9. The summed E-state index contributed by atoms with van der Waals surface area (Å²) in [5.74, 6) is -0.307.